The number of carbonyl (C=O) groups excluding carboxylic acids is 1. The van der Waals surface area contributed by atoms with Crippen LogP contribution >= 0.6 is 0 Å². The fourth-order valence-corrected chi connectivity index (χ4v) is 6.84. The third-order valence-electron chi connectivity index (χ3n) is 9.51. The maximum absolute atomic E-state index is 15.2. The van der Waals surface area contributed by atoms with E-state index in [2.05, 4.69) is 0 Å². The molecule has 1 amide bonds. The number of fused-ring (bicyclic) bond motifs is 1. The van der Waals surface area contributed by atoms with Gasteiger partial charge in [-0.25, -0.2) is 0 Å². The maximum Gasteiger partial charge on any atom is 0.236 e. The van der Waals surface area contributed by atoms with Gasteiger partial charge in [0, 0.05) is 30.8 Å². The summed E-state index contributed by atoms with van der Waals surface area (Å²) in [6.45, 7) is 3.42. The molecule has 0 aliphatic carbocycles. The van der Waals surface area contributed by atoms with Gasteiger partial charge in [-0.3, -0.25) is 9.79 Å². The van der Waals surface area contributed by atoms with Gasteiger partial charge in [0.2, 0.25) is 11.7 Å². The second-order valence-electron chi connectivity index (χ2n) is 12.1. The zero-order valence-electron chi connectivity index (χ0n) is 30.8. The molecule has 4 aromatic rings. The van der Waals surface area contributed by atoms with Crippen molar-refractivity contribution in [2.24, 2.45) is 4.99 Å². The van der Waals surface area contributed by atoms with Crippen LogP contribution in [0.3, 0.4) is 0 Å². The molecule has 10 heteroatoms. The van der Waals surface area contributed by atoms with E-state index in [0.29, 0.717) is 78.4 Å². The number of ether oxygens (including phenoxy) is 7. The topological polar surface area (TPSA) is 97.3 Å². The van der Waals surface area contributed by atoms with E-state index in [1.165, 1.54) is 0 Å². The molecular weight excluding hydrogens is 648 g/mol. The van der Waals surface area contributed by atoms with Gasteiger partial charge in [0.15, 0.2) is 34.5 Å². The number of aliphatic imine (C=N–C) groups is 1. The molecule has 1 atom stereocenters. The van der Waals surface area contributed by atoms with Gasteiger partial charge in [0.05, 0.1) is 55.5 Å². The van der Waals surface area contributed by atoms with Crippen molar-refractivity contribution in [3.8, 4) is 40.2 Å². The molecule has 10 nitrogen and oxygen atoms in total. The zero-order valence-corrected chi connectivity index (χ0v) is 30.8. The van der Waals surface area contributed by atoms with Crippen molar-refractivity contribution in [2.45, 2.75) is 32.1 Å². The van der Waals surface area contributed by atoms with Crippen molar-refractivity contribution >= 4 is 11.6 Å². The number of amides is 1. The van der Waals surface area contributed by atoms with Gasteiger partial charge >= 0.3 is 0 Å². The Morgan fingerprint density at radius 2 is 1.24 bits per heavy atom. The second kappa shape index (κ2) is 17.0. The summed E-state index contributed by atoms with van der Waals surface area (Å²) in [5.41, 5.74) is 6.44. The van der Waals surface area contributed by atoms with E-state index in [4.69, 9.17) is 38.2 Å². The van der Waals surface area contributed by atoms with E-state index in [1.807, 2.05) is 78.6 Å². The minimum absolute atomic E-state index is 0.0554. The lowest BCUT2D eigenvalue weighted by Crippen LogP contribution is -2.41. The average molecular weight is 697 g/mol. The molecule has 270 valence electrons. The monoisotopic (exact) mass is 696 g/mol. The van der Waals surface area contributed by atoms with Crippen LogP contribution in [0, 0.1) is 6.92 Å². The highest BCUT2D eigenvalue weighted by atomic mass is 16.5. The van der Waals surface area contributed by atoms with Crippen LogP contribution in [-0.4, -0.2) is 85.9 Å². The van der Waals surface area contributed by atoms with Gasteiger partial charge in [-0.05, 0) is 72.7 Å². The summed E-state index contributed by atoms with van der Waals surface area (Å²) in [4.78, 5) is 22.2. The van der Waals surface area contributed by atoms with Crippen LogP contribution in [0.2, 0.25) is 0 Å². The van der Waals surface area contributed by atoms with Crippen LogP contribution in [0.5, 0.6) is 40.2 Å². The Hall–Kier alpha value is -5.38. The third-order valence-corrected chi connectivity index (χ3v) is 9.51. The Morgan fingerprint density at radius 3 is 1.84 bits per heavy atom. The molecule has 4 aromatic carbocycles. The quantitative estimate of drug-likeness (QED) is 0.131. The van der Waals surface area contributed by atoms with Crippen LogP contribution in [0.1, 0.15) is 39.3 Å². The molecule has 0 bridgehead atoms. The fourth-order valence-electron chi connectivity index (χ4n) is 6.84. The number of nitrogens with zero attached hydrogens (tertiary/aromatic N) is 2. The molecule has 5 rings (SSSR count). The van der Waals surface area contributed by atoms with E-state index < -0.39 is 5.92 Å². The summed E-state index contributed by atoms with van der Waals surface area (Å²) in [5, 5.41) is 0. The SMILES string of the molecule is COc1cc2c(cc1OC)C(C(C(=O)N(CCc1ccc(OC)c(OC)c1C)CCc1ccc(OC)c(OC)c1OC)c1ccccc1)=NCC2. The number of benzene rings is 4. The van der Waals surface area contributed by atoms with Gasteiger partial charge in [-0.15, -0.1) is 0 Å². The normalized spacial score (nSPS) is 12.6. The highest BCUT2D eigenvalue weighted by Crippen LogP contribution is 2.41. The summed E-state index contributed by atoms with van der Waals surface area (Å²) < 4.78 is 39.6. The molecular formula is C41H48N2O8. The minimum atomic E-state index is -0.665. The van der Waals surface area contributed by atoms with Crippen molar-refractivity contribution in [1.29, 1.82) is 0 Å². The van der Waals surface area contributed by atoms with Gasteiger partial charge in [-0.2, -0.15) is 0 Å². The molecule has 0 saturated carbocycles. The molecule has 51 heavy (non-hydrogen) atoms. The Bertz CT molecular complexity index is 1860. The van der Waals surface area contributed by atoms with Crippen LogP contribution in [0.15, 0.2) is 71.7 Å². The zero-order chi connectivity index (χ0) is 36.5. The van der Waals surface area contributed by atoms with Crippen molar-refractivity contribution in [3.05, 3.63) is 100 Å². The number of rotatable bonds is 16. The highest BCUT2D eigenvalue weighted by Gasteiger charge is 2.34. The molecule has 0 radical (unpaired) electrons. The van der Waals surface area contributed by atoms with Gasteiger partial charge in [0.1, 0.15) is 5.92 Å². The van der Waals surface area contributed by atoms with E-state index in [-0.39, 0.29) is 5.91 Å². The van der Waals surface area contributed by atoms with Gasteiger partial charge < -0.3 is 38.1 Å². The molecule has 0 saturated heterocycles. The average Bonchev–Trinajstić information content (AvgIpc) is 3.17. The predicted octanol–water partition coefficient (Wildman–Crippen LogP) is 6.50. The molecule has 1 heterocycles. The first kappa shape index (κ1) is 36.9. The van der Waals surface area contributed by atoms with E-state index >= 15 is 4.79 Å². The summed E-state index contributed by atoms with van der Waals surface area (Å²) in [6, 6.07) is 21.6. The number of hydrogen-bond acceptors (Lipinski definition) is 9. The molecule has 1 aliphatic heterocycles. The number of hydrogen-bond donors (Lipinski definition) is 0. The first-order valence-corrected chi connectivity index (χ1v) is 17.0. The van der Waals surface area contributed by atoms with Crippen molar-refractivity contribution < 1.29 is 38.0 Å². The maximum atomic E-state index is 15.2. The molecule has 0 aromatic heterocycles. The standard InChI is InChI=1S/C41H48N2O8/c1-26-27(14-16-32(45-2)38(26)49-6)19-22-43(23-20-29-15-17-33(46-3)40(51-8)39(29)50-7)41(44)36(28-12-10-9-11-13-28)37-31-25-35(48-5)34(47-4)24-30(31)18-21-42-37/h9-17,24-25,36H,18-23H2,1-8H3. The Morgan fingerprint density at radius 1 is 0.667 bits per heavy atom. The Balaban J connectivity index is 1.58. The first-order chi connectivity index (χ1) is 24.8. The van der Waals surface area contributed by atoms with E-state index in [1.54, 1.807) is 49.8 Å². The minimum Gasteiger partial charge on any atom is -0.493 e. The largest absolute Gasteiger partial charge is 0.493 e. The molecule has 0 fully saturated rings. The van der Waals surface area contributed by atoms with Crippen LogP contribution in [-0.2, 0) is 24.1 Å². The van der Waals surface area contributed by atoms with Crippen molar-refractivity contribution in [1.82, 2.24) is 4.90 Å². The van der Waals surface area contributed by atoms with Crippen LogP contribution < -0.4 is 33.2 Å². The van der Waals surface area contributed by atoms with Crippen LogP contribution in [0.25, 0.3) is 0 Å². The predicted molar refractivity (Wildman–Crippen MR) is 198 cm³/mol. The summed E-state index contributed by atoms with van der Waals surface area (Å²) >= 11 is 0. The second-order valence-corrected chi connectivity index (χ2v) is 12.1. The number of carbonyl (C=O) groups is 1. The summed E-state index contributed by atoms with van der Waals surface area (Å²) in [7, 11) is 11.3. The molecule has 0 N–H and O–H groups in total. The van der Waals surface area contributed by atoms with Crippen LogP contribution in [0.4, 0.5) is 0 Å². The van der Waals surface area contributed by atoms with Crippen molar-refractivity contribution in [3.63, 3.8) is 0 Å². The fraction of sp³-hybridized carbons (Fsp3) is 0.366. The lowest BCUT2D eigenvalue weighted by molar-refractivity contribution is -0.131. The lowest BCUT2D eigenvalue weighted by atomic mass is 9.84. The van der Waals surface area contributed by atoms with Crippen molar-refractivity contribution in [2.75, 3.05) is 69.4 Å². The van der Waals surface area contributed by atoms with E-state index in [0.717, 1.165) is 39.8 Å². The molecule has 0 spiro atoms. The summed E-state index contributed by atoms with van der Waals surface area (Å²) in [6.07, 6.45) is 1.84. The lowest BCUT2D eigenvalue weighted by Gasteiger charge is -2.31. The van der Waals surface area contributed by atoms with E-state index in [9.17, 15) is 0 Å². The first-order valence-electron chi connectivity index (χ1n) is 17.0. The highest BCUT2D eigenvalue weighted by molar-refractivity contribution is 6.18. The van der Waals surface area contributed by atoms with Gasteiger partial charge in [-0.1, -0.05) is 42.5 Å². The Kier molecular flexibility index (Phi) is 12.3. The Labute approximate surface area is 300 Å². The molecule has 1 unspecified atom stereocenters. The van der Waals surface area contributed by atoms with Gasteiger partial charge in [0.25, 0.3) is 0 Å². The number of methoxy groups -OCH3 is 7. The molecule has 1 aliphatic rings. The smallest absolute Gasteiger partial charge is 0.236 e. The third kappa shape index (κ3) is 7.70. The summed E-state index contributed by atoms with van der Waals surface area (Å²) in [5.74, 6) is 3.52.